The van der Waals surface area contributed by atoms with Crippen molar-refractivity contribution >= 4 is 17.5 Å². The molecular weight excluding hydrogens is 374 g/mol. The second kappa shape index (κ2) is 9.29. The fourth-order valence-electron chi connectivity index (χ4n) is 2.91. The van der Waals surface area contributed by atoms with Crippen LogP contribution in [0.15, 0.2) is 72.8 Å². The number of halogens is 1. The third-order valence-electron chi connectivity index (χ3n) is 4.46. The third kappa shape index (κ3) is 4.84. The van der Waals surface area contributed by atoms with E-state index >= 15 is 0 Å². The summed E-state index contributed by atoms with van der Waals surface area (Å²) in [6.45, 7) is 0.917. The minimum absolute atomic E-state index is 0.114. The topological polar surface area (TPSA) is 38.8 Å². The number of methoxy groups -OCH3 is 2. The first-order valence-electron chi connectivity index (χ1n) is 8.90. The maximum absolute atomic E-state index is 13.2. The molecule has 0 saturated heterocycles. The predicted molar refractivity (Wildman–Crippen MR) is 111 cm³/mol. The van der Waals surface area contributed by atoms with Crippen molar-refractivity contribution in [2.75, 3.05) is 14.2 Å². The molecule has 4 nitrogen and oxygen atoms in total. The molecule has 0 radical (unpaired) electrons. The van der Waals surface area contributed by atoms with Gasteiger partial charge in [-0.1, -0.05) is 48.0 Å². The highest BCUT2D eigenvalue weighted by Crippen LogP contribution is 2.22. The molecule has 0 heterocycles. The second-order valence-corrected chi connectivity index (χ2v) is 6.74. The highest BCUT2D eigenvalue weighted by atomic mass is 35.5. The Morgan fingerprint density at radius 2 is 1.25 bits per heavy atom. The van der Waals surface area contributed by atoms with Crippen molar-refractivity contribution < 1.29 is 14.3 Å². The van der Waals surface area contributed by atoms with E-state index in [1.54, 1.807) is 31.3 Å². The van der Waals surface area contributed by atoms with Crippen molar-refractivity contribution in [3.05, 3.63) is 94.5 Å². The van der Waals surface area contributed by atoms with Crippen LogP contribution in [0.1, 0.15) is 21.5 Å². The van der Waals surface area contributed by atoms with Crippen molar-refractivity contribution in [3.8, 4) is 11.5 Å². The maximum atomic E-state index is 13.2. The lowest BCUT2D eigenvalue weighted by atomic mass is 10.1. The lowest BCUT2D eigenvalue weighted by Gasteiger charge is -2.24. The van der Waals surface area contributed by atoms with Gasteiger partial charge >= 0.3 is 0 Å². The standard InChI is InChI=1S/C23H22ClNO3/c1-27-19-11-7-17(8-12-19)15-25(16-18-9-13-20(28-2)14-10-18)23(26)21-5-3-4-6-22(21)24/h3-14H,15-16H2,1-2H3. The molecule has 144 valence electrons. The fraction of sp³-hybridized carbons (Fsp3) is 0.174. The summed E-state index contributed by atoms with van der Waals surface area (Å²) < 4.78 is 10.4. The van der Waals surface area contributed by atoms with Crippen molar-refractivity contribution in [1.29, 1.82) is 0 Å². The molecule has 0 fully saturated rings. The molecule has 0 unspecified atom stereocenters. The van der Waals surface area contributed by atoms with E-state index in [0.29, 0.717) is 23.7 Å². The van der Waals surface area contributed by atoms with Crippen molar-refractivity contribution in [2.45, 2.75) is 13.1 Å². The summed E-state index contributed by atoms with van der Waals surface area (Å²) in [5.41, 5.74) is 2.51. The number of hydrogen-bond donors (Lipinski definition) is 0. The van der Waals surface area contributed by atoms with E-state index in [4.69, 9.17) is 21.1 Å². The van der Waals surface area contributed by atoms with Crippen LogP contribution in [0.4, 0.5) is 0 Å². The molecule has 0 spiro atoms. The Morgan fingerprint density at radius 1 is 0.786 bits per heavy atom. The summed E-state index contributed by atoms with van der Waals surface area (Å²) in [6.07, 6.45) is 0. The van der Waals surface area contributed by atoms with Crippen LogP contribution in [-0.4, -0.2) is 25.0 Å². The average molecular weight is 396 g/mol. The van der Waals surface area contributed by atoms with Gasteiger partial charge in [-0.3, -0.25) is 4.79 Å². The number of carbonyl (C=O) groups excluding carboxylic acids is 1. The van der Waals surface area contributed by atoms with Crippen LogP contribution in [0.2, 0.25) is 5.02 Å². The van der Waals surface area contributed by atoms with Gasteiger partial charge in [-0.15, -0.1) is 0 Å². The van der Waals surface area contributed by atoms with Gasteiger partial charge in [0.25, 0.3) is 5.91 Å². The molecular formula is C23H22ClNO3. The Bertz CT molecular complexity index is 874. The molecule has 0 bridgehead atoms. The molecule has 3 aromatic carbocycles. The number of carbonyl (C=O) groups is 1. The zero-order valence-corrected chi connectivity index (χ0v) is 16.6. The zero-order valence-electron chi connectivity index (χ0n) is 15.9. The van der Waals surface area contributed by atoms with Crippen molar-refractivity contribution in [3.63, 3.8) is 0 Å². The van der Waals surface area contributed by atoms with Gasteiger partial charge in [-0.2, -0.15) is 0 Å². The number of rotatable bonds is 7. The highest BCUT2D eigenvalue weighted by molar-refractivity contribution is 6.33. The first-order chi connectivity index (χ1) is 13.6. The highest BCUT2D eigenvalue weighted by Gasteiger charge is 2.19. The Kier molecular flexibility index (Phi) is 6.56. The second-order valence-electron chi connectivity index (χ2n) is 6.34. The Balaban J connectivity index is 1.87. The minimum atomic E-state index is -0.114. The lowest BCUT2D eigenvalue weighted by Crippen LogP contribution is -2.30. The minimum Gasteiger partial charge on any atom is -0.497 e. The smallest absolute Gasteiger partial charge is 0.255 e. The van der Waals surface area contributed by atoms with Crippen molar-refractivity contribution in [1.82, 2.24) is 4.90 Å². The molecule has 0 aliphatic carbocycles. The molecule has 0 aliphatic rings. The molecule has 0 atom stereocenters. The summed E-state index contributed by atoms with van der Waals surface area (Å²) in [6, 6.07) is 22.5. The van der Waals surface area contributed by atoms with Crippen LogP contribution in [0.5, 0.6) is 11.5 Å². The molecule has 28 heavy (non-hydrogen) atoms. The largest absolute Gasteiger partial charge is 0.497 e. The number of ether oxygens (including phenoxy) is 2. The molecule has 3 rings (SSSR count). The molecule has 3 aromatic rings. The number of amides is 1. The summed E-state index contributed by atoms with van der Waals surface area (Å²) in [5.74, 6) is 1.45. The lowest BCUT2D eigenvalue weighted by molar-refractivity contribution is 0.0730. The first-order valence-corrected chi connectivity index (χ1v) is 9.28. The van der Waals surface area contributed by atoms with E-state index in [1.165, 1.54) is 0 Å². The average Bonchev–Trinajstić information content (AvgIpc) is 2.74. The third-order valence-corrected chi connectivity index (χ3v) is 4.79. The monoisotopic (exact) mass is 395 g/mol. The van der Waals surface area contributed by atoms with Crippen LogP contribution in [-0.2, 0) is 13.1 Å². The van der Waals surface area contributed by atoms with Gasteiger partial charge in [0.05, 0.1) is 24.8 Å². The van der Waals surface area contributed by atoms with Gasteiger partial charge in [-0.25, -0.2) is 0 Å². The van der Waals surface area contributed by atoms with Gasteiger partial charge < -0.3 is 14.4 Å². The van der Waals surface area contributed by atoms with E-state index in [0.717, 1.165) is 22.6 Å². The van der Waals surface area contributed by atoms with E-state index in [9.17, 15) is 4.79 Å². The Hall–Kier alpha value is -2.98. The SMILES string of the molecule is COc1ccc(CN(Cc2ccc(OC)cc2)C(=O)c2ccccc2Cl)cc1. The van der Waals surface area contributed by atoms with Crippen LogP contribution < -0.4 is 9.47 Å². The molecule has 0 aliphatic heterocycles. The summed E-state index contributed by atoms with van der Waals surface area (Å²) in [5, 5.41) is 0.446. The number of nitrogens with zero attached hydrogens (tertiary/aromatic N) is 1. The van der Waals surface area contributed by atoms with Gasteiger partial charge in [0.15, 0.2) is 0 Å². The summed E-state index contributed by atoms with van der Waals surface area (Å²) >= 11 is 6.27. The Morgan fingerprint density at radius 3 is 1.68 bits per heavy atom. The number of benzene rings is 3. The van der Waals surface area contributed by atoms with Crippen molar-refractivity contribution in [2.24, 2.45) is 0 Å². The van der Waals surface area contributed by atoms with E-state index in [1.807, 2.05) is 60.7 Å². The predicted octanol–water partition coefficient (Wildman–Crippen LogP) is 5.20. The van der Waals surface area contributed by atoms with Gasteiger partial charge in [0.1, 0.15) is 11.5 Å². The molecule has 0 saturated carbocycles. The normalized spacial score (nSPS) is 10.4. The summed E-state index contributed by atoms with van der Waals surface area (Å²) in [4.78, 5) is 15.0. The van der Waals surface area contributed by atoms with Gasteiger partial charge in [0, 0.05) is 13.1 Å². The van der Waals surface area contributed by atoms with Crippen LogP contribution in [0.25, 0.3) is 0 Å². The summed E-state index contributed by atoms with van der Waals surface area (Å²) in [7, 11) is 3.26. The van der Waals surface area contributed by atoms with Crippen LogP contribution in [0.3, 0.4) is 0 Å². The molecule has 0 N–H and O–H groups in total. The maximum Gasteiger partial charge on any atom is 0.255 e. The zero-order chi connectivity index (χ0) is 19.9. The van der Waals surface area contributed by atoms with Gasteiger partial charge in [-0.05, 0) is 47.5 Å². The fourth-order valence-corrected chi connectivity index (χ4v) is 3.12. The van der Waals surface area contributed by atoms with E-state index in [-0.39, 0.29) is 5.91 Å². The quantitative estimate of drug-likeness (QED) is 0.552. The molecule has 0 aromatic heterocycles. The van der Waals surface area contributed by atoms with Crippen LogP contribution in [0, 0.1) is 0 Å². The Labute approximate surface area is 170 Å². The first kappa shape index (κ1) is 19.8. The number of hydrogen-bond acceptors (Lipinski definition) is 3. The van der Waals surface area contributed by atoms with Gasteiger partial charge in [0.2, 0.25) is 0 Å². The molecule has 1 amide bonds. The van der Waals surface area contributed by atoms with E-state index in [2.05, 4.69) is 0 Å². The van der Waals surface area contributed by atoms with E-state index < -0.39 is 0 Å². The van der Waals surface area contributed by atoms with Crippen LogP contribution >= 0.6 is 11.6 Å². The molecule has 5 heteroatoms.